The minimum absolute atomic E-state index is 0.0853. The van der Waals surface area contributed by atoms with Crippen molar-refractivity contribution in [3.8, 4) is 5.75 Å². The normalized spacial score (nSPS) is 32.6. The zero-order valence-corrected chi connectivity index (χ0v) is 24.1. The number of hydrogen-bond acceptors (Lipinski definition) is 7. The molecule has 4 heterocycles. The van der Waals surface area contributed by atoms with Crippen LogP contribution in [0.1, 0.15) is 31.7 Å². The number of rotatable bonds is 5. The molecule has 4 aliphatic rings. The molecule has 0 amide bonds. The van der Waals surface area contributed by atoms with E-state index in [9.17, 15) is 25.9 Å². The summed E-state index contributed by atoms with van der Waals surface area (Å²) in [6.45, 7) is 2.75. The first-order valence-electron chi connectivity index (χ1n) is 12.6. The van der Waals surface area contributed by atoms with E-state index in [1.807, 2.05) is 25.1 Å². The zero-order valence-electron chi connectivity index (χ0n) is 20.9. The number of fused-ring (bicyclic) bond motifs is 4. The number of allylic oxidation sites excluding steroid dienone is 3. The van der Waals surface area contributed by atoms with Crippen LogP contribution >= 0.6 is 23.2 Å². The molecule has 5 unspecified atom stereocenters. The second-order valence-electron chi connectivity index (χ2n) is 10.5. The van der Waals surface area contributed by atoms with E-state index in [0.717, 1.165) is 16.8 Å². The molecule has 2 aromatic carbocycles. The molecule has 4 aliphatic heterocycles. The van der Waals surface area contributed by atoms with Gasteiger partial charge in [-0.3, -0.25) is 0 Å². The standard InChI is InChI=1S/C26H26Cl2N2O7S2/c1-2-16(11-20-13-17-3-4-18(27)14-21(17)29(20)9-7-25(29)38(31,32)33)12-24-30(10-8-26(30)39(34,35)36)22-15-19(28)5-6-23(22)37-24/h3-6,11-12,14-15,24-26H,2,7-10,13H2,1H3. The van der Waals surface area contributed by atoms with Crippen LogP contribution < -0.4 is 13.7 Å². The molecule has 0 saturated carbocycles. The summed E-state index contributed by atoms with van der Waals surface area (Å²) in [5.74, 6) is 0.462. The Morgan fingerprint density at radius 3 is 2.18 bits per heavy atom. The lowest BCUT2D eigenvalue weighted by Crippen LogP contribution is -2.72. The Labute approximate surface area is 237 Å². The smallest absolute Gasteiger partial charge is 0.259 e. The minimum Gasteiger partial charge on any atom is -0.743 e. The van der Waals surface area contributed by atoms with Crippen molar-refractivity contribution in [3.63, 3.8) is 0 Å². The summed E-state index contributed by atoms with van der Waals surface area (Å²) in [5, 5.41) is -1.51. The van der Waals surface area contributed by atoms with Gasteiger partial charge < -0.3 is 13.8 Å². The highest BCUT2D eigenvalue weighted by Crippen LogP contribution is 2.54. The lowest BCUT2D eigenvalue weighted by molar-refractivity contribution is 0.0348. The lowest BCUT2D eigenvalue weighted by atomic mass is 10.0. The highest BCUT2D eigenvalue weighted by atomic mass is 35.5. The summed E-state index contributed by atoms with van der Waals surface area (Å²) in [5.41, 5.74) is 3.68. The first-order valence-corrected chi connectivity index (χ1v) is 16.3. The number of halogens is 2. The van der Waals surface area contributed by atoms with Crippen molar-refractivity contribution < 1.29 is 30.7 Å². The van der Waals surface area contributed by atoms with Crippen molar-refractivity contribution in [1.29, 1.82) is 0 Å². The molecule has 5 atom stereocenters. The molecule has 2 fully saturated rings. The third-order valence-corrected chi connectivity index (χ3v) is 11.7. The van der Waals surface area contributed by atoms with Crippen LogP contribution in [-0.4, -0.2) is 56.0 Å². The Morgan fingerprint density at radius 2 is 1.62 bits per heavy atom. The fourth-order valence-electron chi connectivity index (χ4n) is 6.74. The highest BCUT2D eigenvalue weighted by Gasteiger charge is 2.62. The second-order valence-corrected chi connectivity index (χ2v) is 14.5. The van der Waals surface area contributed by atoms with Crippen molar-refractivity contribution in [2.45, 2.75) is 49.6 Å². The van der Waals surface area contributed by atoms with E-state index in [-0.39, 0.29) is 21.8 Å². The van der Waals surface area contributed by atoms with Gasteiger partial charge in [0.1, 0.15) is 11.4 Å². The van der Waals surface area contributed by atoms with Crippen LogP contribution in [0.15, 0.2) is 59.8 Å². The Kier molecular flexibility index (Phi) is 6.30. The summed E-state index contributed by atoms with van der Waals surface area (Å²) >= 11 is 12.5. The van der Waals surface area contributed by atoms with Gasteiger partial charge in [0.05, 0.1) is 32.4 Å². The monoisotopic (exact) mass is 612 g/mol. The molecule has 0 bridgehead atoms. The first kappa shape index (κ1) is 27.2. The first-order chi connectivity index (χ1) is 18.3. The van der Waals surface area contributed by atoms with Crippen molar-refractivity contribution in [2.24, 2.45) is 0 Å². The molecular weight excluding hydrogens is 587 g/mol. The number of hydrogen-bond donors (Lipinski definition) is 0. The average molecular weight is 614 g/mol. The van der Waals surface area contributed by atoms with Crippen LogP contribution in [0.3, 0.4) is 0 Å². The van der Waals surface area contributed by atoms with Gasteiger partial charge in [0, 0.05) is 33.8 Å². The van der Waals surface area contributed by atoms with Gasteiger partial charge in [-0.05, 0) is 36.3 Å². The summed E-state index contributed by atoms with van der Waals surface area (Å²) in [4.78, 5) is 0. The molecule has 2 aromatic rings. The Hall–Kier alpha value is -1.96. The van der Waals surface area contributed by atoms with Crippen LogP contribution in [0.25, 0.3) is 0 Å². The molecule has 0 N–H and O–H groups in total. The summed E-state index contributed by atoms with van der Waals surface area (Å²) in [6.07, 6.45) is 4.30. The summed E-state index contributed by atoms with van der Waals surface area (Å²) in [6, 6.07) is 10.3. The molecule has 6 rings (SSSR count). The number of quaternary nitrogens is 2. The molecule has 208 valence electrons. The van der Waals surface area contributed by atoms with E-state index in [4.69, 9.17) is 27.9 Å². The fourth-order valence-corrected chi connectivity index (χ4v) is 9.46. The molecule has 39 heavy (non-hydrogen) atoms. The van der Waals surface area contributed by atoms with Crippen LogP contribution in [0.4, 0.5) is 11.4 Å². The predicted octanol–water partition coefficient (Wildman–Crippen LogP) is 4.35. The van der Waals surface area contributed by atoms with E-state index in [1.54, 1.807) is 30.3 Å². The number of benzene rings is 2. The Morgan fingerprint density at radius 1 is 0.974 bits per heavy atom. The molecule has 0 radical (unpaired) electrons. The van der Waals surface area contributed by atoms with Gasteiger partial charge in [0.15, 0.2) is 42.4 Å². The van der Waals surface area contributed by atoms with Crippen LogP contribution in [0.5, 0.6) is 5.75 Å². The third kappa shape index (κ3) is 4.01. The van der Waals surface area contributed by atoms with E-state index in [2.05, 4.69) is 0 Å². The largest absolute Gasteiger partial charge is 0.743 e. The molecule has 0 aromatic heterocycles. The minimum atomic E-state index is -4.65. The van der Waals surface area contributed by atoms with E-state index in [0.29, 0.717) is 53.1 Å². The maximum absolute atomic E-state index is 12.3. The van der Waals surface area contributed by atoms with Gasteiger partial charge in [-0.25, -0.2) is 25.8 Å². The lowest BCUT2D eigenvalue weighted by Gasteiger charge is -2.51. The molecule has 13 heteroatoms. The quantitative estimate of drug-likeness (QED) is 0.363. The second kappa shape index (κ2) is 9.02. The van der Waals surface area contributed by atoms with E-state index in [1.165, 1.54) is 0 Å². The molecule has 0 aliphatic carbocycles. The molecular formula is C26H26Cl2N2O7S2. The molecule has 2 saturated heterocycles. The Bertz CT molecular complexity index is 1670. The number of ether oxygens (including phenoxy) is 1. The number of nitrogens with zero attached hydrogens (tertiary/aromatic N) is 2. The van der Waals surface area contributed by atoms with Crippen LogP contribution in [0.2, 0.25) is 10.0 Å². The van der Waals surface area contributed by atoms with Crippen molar-refractivity contribution in [2.75, 3.05) is 13.1 Å². The average Bonchev–Trinajstić information content (AvgIpc) is 3.28. The van der Waals surface area contributed by atoms with Gasteiger partial charge in [0.25, 0.3) is 6.23 Å². The van der Waals surface area contributed by atoms with Gasteiger partial charge in [-0.2, -0.15) is 0 Å². The highest BCUT2D eigenvalue weighted by molar-refractivity contribution is 7.86. The SMILES string of the molecule is CCC(=CC1Oc2ccc(Cl)cc2[N+]12CCC2S(=O)(=O)[O-])C=C1Cc2ccc(Cl)cc2[N+]12CCC2S(=O)(=O)[O-]. The van der Waals surface area contributed by atoms with Gasteiger partial charge in [0.2, 0.25) is 0 Å². The van der Waals surface area contributed by atoms with E-state index < -0.39 is 37.2 Å². The van der Waals surface area contributed by atoms with E-state index >= 15 is 0 Å². The third-order valence-electron chi connectivity index (χ3n) is 8.70. The maximum atomic E-state index is 12.3. The van der Waals surface area contributed by atoms with Crippen molar-refractivity contribution in [1.82, 2.24) is 8.97 Å². The van der Waals surface area contributed by atoms with Crippen LogP contribution in [0, 0.1) is 0 Å². The Balaban J connectivity index is 1.46. The maximum Gasteiger partial charge on any atom is 0.259 e. The predicted molar refractivity (Wildman–Crippen MR) is 147 cm³/mol. The van der Waals surface area contributed by atoms with Crippen molar-refractivity contribution in [3.05, 3.63) is 75.4 Å². The zero-order chi connectivity index (χ0) is 28.0. The molecule has 9 nitrogen and oxygen atoms in total. The van der Waals surface area contributed by atoms with Gasteiger partial charge in [-0.15, -0.1) is 0 Å². The van der Waals surface area contributed by atoms with Crippen LogP contribution in [-0.2, 0) is 26.7 Å². The topological polar surface area (TPSA) is 124 Å². The van der Waals surface area contributed by atoms with Gasteiger partial charge in [-0.1, -0.05) is 36.2 Å². The van der Waals surface area contributed by atoms with Crippen molar-refractivity contribution >= 4 is 54.8 Å². The summed E-state index contributed by atoms with van der Waals surface area (Å²) in [7, 11) is -9.26. The van der Waals surface area contributed by atoms with Gasteiger partial charge >= 0.3 is 0 Å². The fraction of sp³-hybridized carbons (Fsp3) is 0.385. The summed E-state index contributed by atoms with van der Waals surface area (Å²) < 4.78 is 79.7. The molecule has 2 spiro atoms.